The second-order valence-corrected chi connectivity index (χ2v) is 4.25. The van der Waals surface area contributed by atoms with E-state index in [-0.39, 0.29) is 12.1 Å². The van der Waals surface area contributed by atoms with Gasteiger partial charge in [0.05, 0.1) is 12.2 Å². The third-order valence-electron chi connectivity index (χ3n) is 2.47. The molecule has 3 nitrogen and oxygen atoms in total. The van der Waals surface area contributed by atoms with Gasteiger partial charge in [-0.05, 0) is 38.0 Å². The van der Waals surface area contributed by atoms with E-state index in [0.29, 0.717) is 0 Å². The number of hydrogen-bond donors (Lipinski definition) is 2. The number of ether oxygens (including phenoxy) is 1. The Balaban J connectivity index is 2.70. The van der Waals surface area contributed by atoms with Crippen LogP contribution in [0.3, 0.4) is 0 Å². The molecule has 0 spiro atoms. The summed E-state index contributed by atoms with van der Waals surface area (Å²) in [7, 11) is 0. The zero-order valence-corrected chi connectivity index (χ0v) is 10.2. The van der Waals surface area contributed by atoms with Crippen molar-refractivity contribution in [2.45, 2.75) is 45.4 Å². The van der Waals surface area contributed by atoms with Gasteiger partial charge >= 0.3 is 0 Å². The Hall–Kier alpha value is -1.06. The number of benzene rings is 1. The Labute approximate surface area is 97.2 Å². The van der Waals surface area contributed by atoms with E-state index in [4.69, 9.17) is 10.5 Å². The minimum Gasteiger partial charge on any atom is -0.491 e. The van der Waals surface area contributed by atoms with Gasteiger partial charge in [-0.25, -0.2) is 0 Å². The number of aliphatic hydroxyl groups excluding tert-OH is 1. The largest absolute Gasteiger partial charge is 0.491 e. The zero-order valence-electron chi connectivity index (χ0n) is 10.2. The van der Waals surface area contributed by atoms with Crippen molar-refractivity contribution in [2.75, 3.05) is 0 Å². The van der Waals surface area contributed by atoms with Gasteiger partial charge in [-0.2, -0.15) is 0 Å². The summed E-state index contributed by atoms with van der Waals surface area (Å²) in [5, 5.41) is 9.90. The van der Waals surface area contributed by atoms with E-state index in [0.717, 1.165) is 17.7 Å². The lowest BCUT2D eigenvalue weighted by molar-refractivity contribution is 0.144. The van der Waals surface area contributed by atoms with Crippen molar-refractivity contribution >= 4 is 0 Å². The molecule has 0 aromatic heterocycles. The average Bonchev–Trinajstić information content (AvgIpc) is 2.27. The molecular formula is C13H21NO2. The third kappa shape index (κ3) is 3.51. The Morgan fingerprint density at radius 2 is 1.81 bits per heavy atom. The molecular weight excluding hydrogens is 202 g/mol. The first-order valence-corrected chi connectivity index (χ1v) is 5.74. The Bertz CT molecular complexity index is 308. The summed E-state index contributed by atoms with van der Waals surface area (Å²) in [6.45, 7) is 5.93. The van der Waals surface area contributed by atoms with Crippen LogP contribution in [-0.2, 0) is 0 Å². The highest BCUT2D eigenvalue weighted by molar-refractivity contribution is 5.29. The molecule has 90 valence electrons. The number of hydrogen-bond acceptors (Lipinski definition) is 3. The monoisotopic (exact) mass is 223 g/mol. The molecule has 0 heterocycles. The molecule has 2 atom stereocenters. The molecule has 0 fully saturated rings. The lowest BCUT2D eigenvalue weighted by Crippen LogP contribution is -2.27. The van der Waals surface area contributed by atoms with Gasteiger partial charge in [0.2, 0.25) is 0 Å². The van der Waals surface area contributed by atoms with Crippen molar-refractivity contribution in [1.82, 2.24) is 0 Å². The number of aliphatic hydroxyl groups is 1. The molecule has 0 aliphatic rings. The van der Waals surface area contributed by atoms with Crippen molar-refractivity contribution < 1.29 is 9.84 Å². The highest BCUT2D eigenvalue weighted by atomic mass is 16.5. The summed E-state index contributed by atoms with van der Waals surface area (Å²) in [5.74, 6) is 0.816. The van der Waals surface area contributed by atoms with Gasteiger partial charge in [0.25, 0.3) is 0 Å². The van der Waals surface area contributed by atoms with Gasteiger partial charge in [0, 0.05) is 6.04 Å². The van der Waals surface area contributed by atoms with E-state index in [2.05, 4.69) is 0 Å². The summed E-state index contributed by atoms with van der Waals surface area (Å²) in [5.41, 5.74) is 6.62. The molecule has 0 amide bonds. The van der Waals surface area contributed by atoms with Crippen LogP contribution in [0.25, 0.3) is 0 Å². The van der Waals surface area contributed by atoms with Gasteiger partial charge in [-0.1, -0.05) is 19.1 Å². The summed E-state index contributed by atoms with van der Waals surface area (Å²) in [6.07, 6.45) is 0.317. The maximum Gasteiger partial charge on any atom is 0.119 e. The standard InChI is InChI=1S/C13H21NO2/c1-4-12(14)13(15)10-5-7-11(8-6-10)16-9(2)3/h5-9,12-13,15H,4,14H2,1-3H3. The smallest absolute Gasteiger partial charge is 0.119 e. The predicted octanol–water partition coefficient (Wildman–Crippen LogP) is 2.24. The maximum atomic E-state index is 9.90. The molecule has 0 saturated heterocycles. The SMILES string of the molecule is CCC(N)C(O)c1ccc(OC(C)C)cc1. The van der Waals surface area contributed by atoms with Gasteiger partial charge in [0.1, 0.15) is 5.75 Å². The topological polar surface area (TPSA) is 55.5 Å². The van der Waals surface area contributed by atoms with Crippen LogP contribution in [0.15, 0.2) is 24.3 Å². The number of rotatable bonds is 5. The van der Waals surface area contributed by atoms with Crippen molar-refractivity contribution in [1.29, 1.82) is 0 Å². The van der Waals surface area contributed by atoms with Crippen LogP contribution < -0.4 is 10.5 Å². The van der Waals surface area contributed by atoms with Crippen LogP contribution in [0, 0.1) is 0 Å². The fourth-order valence-electron chi connectivity index (χ4n) is 1.49. The Morgan fingerprint density at radius 1 is 1.25 bits per heavy atom. The summed E-state index contributed by atoms with van der Waals surface area (Å²) in [4.78, 5) is 0. The van der Waals surface area contributed by atoms with E-state index in [1.165, 1.54) is 0 Å². The minimum absolute atomic E-state index is 0.161. The van der Waals surface area contributed by atoms with E-state index < -0.39 is 6.10 Å². The van der Waals surface area contributed by atoms with E-state index >= 15 is 0 Å². The van der Waals surface area contributed by atoms with E-state index in [1.54, 1.807) is 0 Å². The van der Waals surface area contributed by atoms with Crippen LogP contribution in [0.1, 0.15) is 38.9 Å². The van der Waals surface area contributed by atoms with Crippen molar-refractivity contribution in [2.24, 2.45) is 5.73 Å². The van der Waals surface area contributed by atoms with Crippen molar-refractivity contribution in [3.05, 3.63) is 29.8 Å². The molecule has 2 unspecified atom stereocenters. The molecule has 0 bridgehead atoms. The molecule has 3 heteroatoms. The van der Waals surface area contributed by atoms with Crippen LogP contribution in [-0.4, -0.2) is 17.3 Å². The molecule has 1 aromatic rings. The number of nitrogens with two attached hydrogens (primary N) is 1. The molecule has 0 aliphatic carbocycles. The van der Waals surface area contributed by atoms with Gasteiger partial charge < -0.3 is 15.6 Å². The average molecular weight is 223 g/mol. The molecule has 16 heavy (non-hydrogen) atoms. The van der Waals surface area contributed by atoms with E-state index in [1.807, 2.05) is 45.0 Å². The third-order valence-corrected chi connectivity index (χ3v) is 2.47. The first-order chi connectivity index (χ1) is 7.54. The van der Waals surface area contributed by atoms with Crippen molar-refractivity contribution in [3.63, 3.8) is 0 Å². The summed E-state index contributed by atoms with van der Waals surface area (Å²) in [6, 6.07) is 7.23. The molecule has 0 aliphatic heterocycles. The maximum absolute atomic E-state index is 9.90. The molecule has 0 radical (unpaired) electrons. The normalized spacial score (nSPS) is 14.9. The zero-order chi connectivity index (χ0) is 12.1. The lowest BCUT2D eigenvalue weighted by atomic mass is 10.0. The van der Waals surface area contributed by atoms with E-state index in [9.17, 15) is 5.11 Å². The first kappa shape index (κ1) is 13.0. The van der Waals surface area contributed by atoms with Crippen LogP contribution >= 0.6 is 0 Å². The van der Waals surface area contributed by atoms with Gasteiger partial charge in [0.15, 0.2) is 0 Å². The van der Waals surface area contributed by atoms with Crippen LogP contribution in [0.4, 0.5) is 0 Å². The highest BCUT2D eigenvalue weighted by Crippen LogP contribution is 2.21. The molecule has 1 rings (SSSR count). The minimum atomic E-state index is -0.599. The molecule has 3 N–H and O–H groups in total. The summed E-state index contributed by atoms with van der Waals surface area (Å²) < 4.78 is 5.52. The van der Waals surface area contributed by atoms with Crippen LogP contribution in [0.2, 0.25) is 0 Å². The first-order valence-electron chi connectivity index (χ1n) is 5.74. The van der Waals surface area contributed by atoms with Crippen molar-refractivity contribution in [3.8, 4) is 5.75 Å². The Morgan fingerprint density at radius 3 is 2.25 bits per heavy atom. The second-order valence-electron chi connectivity index (χ2n) is 4.25. The second kappa shape index (κ2) is 5.87. The fourth-order valence-corrected chi connectivity index (χ4v) is 1.49. The summed E-state index contributed by atoms with van der Waals surface area (Å²) >= 11 is 0. The predicted molar refractivity (Wildman–Crippen MR) is 65.4 cm³/mol. The van der Waals surface area contributed by atoms with Crippen LogP contribution in [0.5, 0.6) is 5.75 Å². The van der Waals surface area contributed by atoms with Gasteiger partial charge in [-0.3, -0.25) is 0 Å². The van der Waals surface area contributed by atoms with Gasteiger partial charge in [-0.15, -0.1) is 0 Å². The molecule has 1 aromatic carbocycles. The fraction of sp³-hybridized carbons (Fsp3) is 0.538. The highest BCUT2D eigenvalue weighted by Gasteiger charge is 2.14. The molecule has 0 saturated carbocycles. The Kier molecular flexibility index (Phi) is 4.77. The quantitative estimate of drug-likeness (QED) is 0.805. The lowest BCUT2D eigenvalue weighted by Gasteiger charge is -2.18.